The van der Waals surface area contributed by atoms with E-state index in [1.54, 1.807) is 11.3 Å². The van der Waals surface area contributed by atoms with Crippen molar-refractivity contribution in [1.29, 1.82) is 0 Å². The molecule has 2 rings (SSSR count). The highest BCUT2D eigenvalue weighted by atomic mass is 32.1. The molecule has 96 valence electrons. The fourth-order valence-corrected chi connectivity index (χ4v) is 2.65. The summed E-state index contributed by atoms with van der Waals surface area (Å²) in [6, 6.07) is 3.94. The van der Waals surface area contributed by atoms with Gasteiger partial charge in [-0.05, 0) is 37.4 Å². The van der Waals surface area contributed by atoms with Crippen LogP contribution in [0.2, 0.25) is 0 Å². The topological polar surface area (TPSA) is 32.3 Å². The predicted octanol–water partition coefficient (Wildman–Crippen LogP) is 1.51. The standard InChI is InChI=1S/C14H18N2OS/c17-14(12-13-6-5-11-18-13)15-7-1-2-8-16-9-3-4-10-16/h5-6,11H,3-4,7-10,12H2,(H,15,17). The van der Waals surface area contributed by atoms with E-state index in [0.717, 1.165) is 11.4 Å². The SMILES string of the molecule is O=C(Cc1cccs1)NCC#CCN1CCCC1. The zero-order valence-corrected chi connectivity index (χ0v) is 11.3. The summed E-state index contributed by atoms with van der Waals surface area (Å²) in [5, 5.41) is 4.81. The van der Waals surface area contributed by atoms with Gasteiger partial charge in [0.25, 0.3) is 0 Å². The average molecular weight is 262 g/mol. The van der Waals surface area contributed by atoms with Gasteiger partial charge in [0, 0.05) is 4.88 Å². The lowest BCUT2D eigenvalue weighted by Crippen LogP contribution is -2.25. The summed E-state index contributed by atoms with van der Waals surface area (Å²) in [6.45, 7) is 3.62. The molecule has 2 heterocycles. The number of amides is 1. The first kappa shape index (κ1) is 13.1. The van der Waals surface area contributed by atoms with Crippen LogP contribution in [0.5, 0.6) is 0 Å². The van der Waals surface area contributed by atoms with Crippen LogP contribution in [0, 0.1) is 11.8 Å². The summed E-state index contributed by atoms with van der Waals surface area (Å²) in [6.07, 6.45) is 3.05. The van der Waals surface area contributed by atoms with Crippen molar-refractivity contribution in [1.82, 2.24) is 10.2 Å². The number of hydrogen-bond donors (Lipinski definition) is 1. The van der Waals surface area contributed by atoms with Crippen LogP contribution in [0.1, 0.15) is 17.7 Å². The Kier molecular flexibility index (Phi) is 5.25. The smallest absolute Gasteiger partial charge is 0.226 e. The Balaban J connectivity index is 1.59. The number of nitrogens with zero attached hydrogens (tertiary/aromatic N) is 1. The molecule has 0 unspecified atom stereocenters. The third-order valence-corrected chi connectivity index (χ3v) is 3.79. The lowest BCUT2D eigenvalue weighted by atomic mass is 10.3. The Labute approximate surface area is 112 Å². The van der Waals surface area contributed by atoms with Gasteiger partial charge in [-0.15, -0.1) is 11.3 Å². The van der Waals surface area contributed by atoms with Crippen molar-refractivity contribution in [2.45, 2.75) is 19.3 Å². The summed E-state index contributed by atoms with van der Waals surface area (Å²) in [5.74, 6) is 6.16. The van der Waals surface area contributed by atoms with Crippen LogP contribution in [-0.2, 0) is 11.2 Å². The molecule has 1 saturated heterocycles. The van der Waals surface area contributed by atoms with Crippen LogP contribution >= 0.6 is 11.3 Å². The van der Waals surface area contributed by atoms with Crippen LogP contribution in [-0.4, -0.2) is 37.0 Å². The maximum absolute atomic E-state index is 11.5. The minimum atomic E-state index is 0.0490. The van der Waals surface area contributed by atoms with Crippen LogP contribution < -0.4 is 5.32 Å². The summed E-state index contributed by atoms with van der Waals surface area (Å²) < 4.78 is 0. The molecule has 1 fully saturated rings. The Morgan fingerprint density at radius 2 is 2.22 bits per heavy atom. The molecule has 1 N–H and O–H groups in total. The number of rotatable bonds is 4. The first-order valence-electron chi connectivity index (χ1n) is 6.32. The molecule has 18 heavy (non-hydrogen) atoms. The Morgan fingerprint density at radius 1 is 1.39 bits per heavy atom. The molecule has 0 saturated carbocycles. The van der Waals surface area contributed by atoms with Gasteiger partial charge in [0.2, 0.25) is 5.91 Å². The highest BCUT2D eigenvalue weighted by Gasteiger charge is 2.08. The molecule has 0 spiro atoms. The Morgan fingerprint density at radius 3 is 2.94 bits per heavy atom. The van der Waals surface area contributed by atoms with Crippen molar-refractivity contribution in [3.63, 3.8) is 0 Å². The zero-order valence-electron chi connectivity index (χ0n) is 10.4. The highest BCUT2D eigenvalue weighted by Crippen LogP contribution is 2.08. The summed E-state index contributed by atoms with van der Waals surface area (Å²) in [7, 11) is 0. The van der Waals surface area contributed by atoms with Crippen molar-refractivity contribution < 1.29 is 4.79 Å². The van der Waals surface area contributed by atoms with Gasteiger partial charge in [0.15, 0.2) is 0 Å². The second-order valence-corrected chi connectivity index (χ2v) is 5.40. The quantitative estimate of drug-likeness (QED) is 0.834. The molecule has 1 aliphatic heterocycles. The van der Waals surface area contributed by atoms with Gasteiger partial charge < -0.3 is 5.32 Å². The van der Waals surface area contributed by atoms with Gasteiger partial charge in [-0.1, -0.05) is 17.9 Å². The third kappa shape index (κ3) is 4.52. The average Bonchev–Trinajstić information content (AvgIpc) is 3.01. The molecule has 4 heteroatoms. The molecular weight excluding hydrogens is 244 g/mol. The maximum Gasteiger partial charge on any atom is 0.226 e. The van der Waals surface area contributed by atoms with Crippen LogP contribution in [0.4, 0.5) is 0 Å². The third-order valence-electron chi connectivity index (χ3n) is 2.92. The minimum Gasteiger partial charge on any atom is -0.345 e. The van der Waals surface area contributed by atoms with Crippen molar-refractivity contribution in [3.8, 4) is 11.8 Å². The molecule has 0 aromatic carbocycles. The molecule has 1 amide bonds. The lowest BCUT2D eigenvalue weighted by Gasteiger charge is -2.08. The van der Waals surface area contributed by atoms with E-state index in [1.807, 2.05) is 17.5 Å². The van der Waals surface area contributed by atoms with E-state index in [4.69, 9.17) is 0 Å². The van der Waals surface area contributed by atoms with Crippen molar-refractivity contribution in [2.24, 2.45) is 0 Å². The molecule has 1 aromatic heterocycles. The van der Waals surface area contributed by atoms with E-state index >= 15 is 0 Å². The normalized spacial score (nSPS) is 15.1. The largest absolute Gasteiger partial charge is 0.345 e. The van der Waals surface area contributed by atoms with Gasteiger partial charge in [-0.3, -0.25) is 9.69 Å². The number of hydrogen-bond acceptors (Lipinski definition) is 3. The molecule has 1 aromatic rings. The molecule has 1 aliphatic rings. The van der Waals surface area contributed by atoms with Crippen molar-refractivity contribution >= 4 is 17.2 Å². The molecule has 3 nitrogen and oxygen atoms in total. The van der Waals surface area contributed by atoms with Crippen LogP contribution in [0.15, 0.2) is 17.5 Å². The number of carbonyl (C=O) groups excluding carboxylic acids is 1. The van der Waals surface area contributed by atoms with E-state index in [9.17, 15) is 4.79 Å². The highest BCUT2D eigenvalue weighted by molar-refractivity contribution is 7.10. The lowest BCUT2D eigenvalue weighted by molar-refractivity contribution is -0.120. The molecule has 0 bridgehead atoms. The van der Waals surface area contributed by atoms with E-state index < -0.39 is 0 Å². The Hall–Kier alpha value is -1.31. The molecule has 0 aliphatic carbocycles. The fraction of sp³-hybridized carbons (Fsp3) is 0.500. The number of likely N-dealkylation sites (tertiary alicyclic amines) is 1. The van der Waals surface area contributed by atoms with Crippen LogP contribution in [0.25, 0.3) is 0 Å². The van der Waals surface area contributed by atoms with Crippen molar-refractivity contribution in [3.05, 3.63) is 22.4 Å². The first-order chi connectivity index (χ1) is 8.84. The van der Waals surface area contributed by atoms with Crippen LogP contribution in [0.3, 0.4) is 0 Å². The maximum atomic E-state index is 11.5. The van der Waals surface area contributed by atoms with Crippen molar-refractivity contribution in [2.75, 3.05) is 26.2 Å². The second kappa shape index (κ2) is 7.20. The first-order valence-corrected chi connectivity index (χ1v) is 7.20. The van der Waals surface area contributed by atoms with Gasteiger partial charge in [-0.2, -0.15) is 0 Å². The molecular formula is C14H18N2OS. The number of thiophene rings is 1. The minimum absolute atomic E-state index is 0.0490. The van der Waals surface area contributed by atoms with E-state index in [0.29, 0.717) is 13.0 Å². The summed E-state index contributed by atoms with van der Waals surface area (Å²) >= 11 is 1.61. The van der Waals surface area contributed by atoms with Gasteiger partial charge in [0.1, 0.15) is 0 Å². The second-order valence-electron chi connectivity index (χ2n) is 4.37. The monoisotopic (exact) mass is 262 g/mol. The van der Waals surface area contributed by atoms with E-state index in [-0.39, 0.29) is 5.91 Å². The fourth-order valence-electron chi connectivity index (χ4n) is 1.95. The predicted molar refractivity (Wildman–Crippen MR) is 74.5 cm³/mol. The zero-order chi connectivity index (χ0) is 12.6. The van der Waals surface area contributed by atoms with Gasteiger partial charge in [-0.25, -0.2) is 0 Å². The number of carbonyl (C=O) groups is 1. The van der Waals surface area contributed by atoms with Gasteiger partial charge in [0.05, 0.1) is 19.5 Å². The van der Waals surface area contributed by atoms with Gasteiger partial charge >= 0.3 is 0 Å². The van der Waals surface area contributed by atoms with E-state index in [2.05, 4.69) is 22.1 Å². The molecule has 0 atom stereocenters. The Bertz CT molecular complexity index is 424. The summed E-state index contributed by atoms with van der Waals surface area (Å²) in [5.41, 5.74) is 0. The molecule has 0 radical (unpaired) electrons. The summed E-state index contributed by atoms with van der Waals surface area (Å²) in [4.78, 5) is 15.0. The number of nitrogens with one attached hydrogen (secondary N) is 1. The van der Waals surface area contributed by atoms with E-state index in [1.165, 1.54) is 25.9 Å².